The smallest absolute Gasteiger partial charge is 0.251 e. The number of nitrogens with zero attached hydrogens (tertiary/aromatic N) is 4. The van der Waals surface area contributed by atoms with Crippen molar-refractivity contribution < 1.29 is 4.74 Å². The second kappa shape index (κ2) is 6.76. The van der Waals surface area contributed by atoms with Crippen LogP contribution in [0.1, 0.15) is 12.0 Å². The number of rotatable bonds is 4. The molecule has 0 radical (unpaired) electrons. The summed E-state index contributed by atoms with van der Waals surface area (Å²) in [4.78, 5) is 6.77. The number of anilines is 4. The Bertz CT molecular complexity index is 883. The fourth-order valence-electron chi connectivity index (χ4n) is 3.06. The van der Waals surface area contributed by atoms with E-state index in [0.717, 1.165) is 36.5 Å². The van der Waals surface area contributed by atoms with Gasteiger partial charge in [-0.2, -0.15) is 10.1 Å². The van der Waals surface area contributed by atoms with Gasteiger partial charge in [0.15, 0.2) is 5.82 Å². The molecule has 1 aromatic heterocycles. The number of methoxy groups -OCH3 is 1. The molecule has 2 heterocycles. The number of aromatic nitrogens is 3. The first-order valence-corrected chi connectivity index (χ1v) is 8.30. The summed E-state index contributed by atoms with van der Waals surface area (Å²) in [5.74, 6) is 2.05. The van der Waals surface area contributed by atoms with Crippen LogP contribution < -0.4 is 15.0 Å². The van der Waals surface area contributed by atoms with Crippen LogP contribution in [0, 0.1) is 0 Å². The number of aryl methyl sites for hydroxylation is 1. The molecule has 6 heteroatoms. The molecule has 0 amide bonds. The number of para-hydroxylation sites is 1. The number of hydrogen-bond acceptors (Lipinski definition) is 6. The summed E-state index contributed by atoms with van der Waals surface area (Å²) in [6, 6.07) is 16.1. The third-order valence-electron chi connectivity index (χ3n) is 4.24. The van der Waals surface area contributed by atoms with E-state index in [1.807, 2.05) is 30.3 Å². The first-order valence-electron chi connectivity index (χ1n) is 8.30. The summed E-state index contributed by atoms with van der Waals surface area (Å²) in [5.41, 5.74) is 3.38. The van der Waals surface area contributed by atoms with E-state index in [2.05, 4.69) is 43.6 Å². The standard InChI is InChI=1S/C19H19N5O/c1-25-16-9-4-8-15(12-16)21-18-13-20-23-19(22-18)24-11-5-7-14-6-2-3-10-17(14)24/h2-4,6,8-10,12-13H,5,7,11H2,1H3,(H,21,22,23). The second-order valence-electron chi connectivity index (χ2n) is 5.88. The van der Waals surface area contributed by atoms with Crippen molar-refractivity contribution >= 4 is 23.1 Å². The zero-order valence-corrected chi connectivity index (χ0v) is 14.0. The molecule has 4 rings (SSSR count). The maximum absolute atomic E-state index is 5.25. The Balaban J connectivity index is 1.62. The Hall–Kier alpha value is -3.15. The van der Waals surface area contributed by atoms with Gasteiger partial charge in [-0.25, -0.2) is 0 Å². The molecule has 3 aromatic rings. The van der Waals surface area contributed by atoms with Crippen molar-refractivity contribution in [1.29, 1.82) is 0 Å². The zero-order chi connectivity index (χ0) is 17.1. The van der Waals surface area contributed by atoms with Crippen molar-refractivity contribution in [2.24, 2.45) is 0 Å². The Morgan fingerprint density at radius 2 is 2.04 bits per heavy atom. The van der Waals surface area contributed by atoms with Crippen LogP contribution in [0.5, 0.6) is 5.75 Å². The zero-order valence-electron chi connectivity index (χ0n) is 14.0. The number of nitrogens with one attached hydrogen (secondary N) is 1. The predicted molar refractivity (Wildman–Crippen MR) is 97.9 cm³/mol. The molecular weight excluding hydrogens is 314 g/mol. The minimum Gasteiger partial charge on any atom is -0.497 e. The summed E-state index contributed by atoms with van der Waals surface area (Å²) in [7, 11) is 1.65. The molecule has 0 saturated carbocycles. The average molecular weight is 333 g/mol. The third-order valence-corrected chi connectivity index (χ3v) is 4.24. The Morgan fingerprint density at radius 3 is 2.96 bits per heavy atom. The van der Waals surface area contributed by atoms with Crippen LogP contribution in [0.2, 0.25) is 0 Å². The van der Waals surface area contributed by atoms with Gasteiger partial charge in [0, 0.05) is 24.0 Å². The highest BCUT2D eigenvalue weighted by atomic mass is 16.5. The van der Waals surface area contributed by atoms with E-state index in [9.17, 15) is 0 Å². The lowest BCUT2D eigenvalue weighted by Crippen LogP contribution is -2.26. The molecule has 1 aliphatic rings. The van der Waals surface area contributed by atoms with Gasteiger partial charge in [0.2, 0.25) is 0 Å². The Kier molecular flexibility index (Phi) is 4.16. The van der Waals surface area contributed by atoms with Gasteiger partial charge in [-0.05, 0) is 36.6 Å². The molecule has 1 aliphatic heterocycles. The topological polar surface area (TPSA) is 63.2 Å². The Morgan fingerprint density at radius 1 is 1.12 bits per heavy atom. The number of benzene rings is 2. The van der Waals surface area contributed by atoms with Gasteiger partial charge in [-0.1, -0.05) is 24.3 Å². The molecule has 6 nitrogen and oxygen atoms in total. The second-order valence-corrected chi connectivity index (χ2v) is 5.88. The van der Waals surface area contributed by atoms with Crippen molar-refractivity contribution in [3.8, 4) is 5.75 Å². The lowest BCUT2D eigenvalue weighted by atomic mass is 10.0. The SMILES string of the molecule is COc1cccc(Nc2cnnc(N3CCCc4ccccc43)n2)c1. The highest BCUT2D eigenvalue weighted by Gasteiger charge is 2.20. The molecule has 126 valence electrons. The third kappa shape index (κ3) is 3.24. The van der Waals surface area contributed by atoms with E-state index in [1.54, 1.807) is 13.3 Å². The molecule has 2 aromatic carbocycles. The van der Waals surface area contributed by atoms with Crippen molar-refractivity contribution in [2.45, 2.75) is 12.8 Å². The van der Waals surface area contributed by atoms with E-state index in [1.165, 1.54) is 5.56 Å². The van der Waals surface area contributed by atoms with Gasteiger partial charge in [-0.15, -0.1) is 5.10 Å². The van der Waals surface area contributed by atoms with Gasteiger partial charge in [0.25, 0.3) is 5.95 Å². The van der Waals surface area contributed by atoms with Gasteiger partial charge < -0.3 is 15.0 Å². The quantitative estimate of drug-likeness (QED) is 0.785. The number of ether oxygens (including phenoxy) is 1. The van der Waals surface area contributed by atoms with E-state index in [4.69, 9.17) is 4.74 Å². The van der Waals surface area contributed by atoms with Crippen molar-refractivity contribution in [2.75, 3.05) is 23.9 Å². The predicted octanol–water partition coefficient (Wildman–Crippen LogP) is 3.71. The summed E-state index contributed by atoms with van der Waals surface area (Å²) in [6.07, 6.45) is 3.79. The molecule has 25 heavy (non-hydrogen) atoms. The lowest BCUT2D eigenvalue weighted by Gasteiger charge is -2.29. The molecule has 0 spiro atoms. The van der Waals surface area contributed by atoms with Crippen LogP contribution >= 0.6 is 0 Å². The number of hydrogen-bond donors (Lipinski definition) is 1. The van der Waals surface area contributed by atoms with Crippen LogP contribution in [0.15, 0.2) is 54.7 Å². The average Bonchev–Trinajstić information content (AvgIpc) is 2.68. The molecule has 0 saturated heterocycles. The van der Waals surface area contributed by atoms with Gasteiger partial charge >= 0.3 is 0 Å². The normalized spacial score (nSPS) is 13.2. The molecule has 0 fully saturated rings. The van der Waals surface area contributed by atoms with Crippen LogP contribution in [0.3, 0.4) is 0 Å². The van der Waals surface area contributed by atoms with E-state index in [0.29, 0.717) is 11.8 Å². The molecule has 1 N–H and O–H groups in total. The fraction of sp³-hybridized carbons (Fsp3) is 0.211. The van der Waals surface area contributed by atoms with Crippen molar-refractivity contribution in [1.82, 2.24) is 15.2 Å². The molecule has 0 aliphatic carbocycles. The molecule has 0 unspecified atom stereocenters. The molecular formula is C19H19N5O. The van der Waals surface area contributed by atoms with Crippen LogP contribution in [-0.2, 0) is 6.42 Å². The lowest BCUT2D eigenvalue weighted by molar-refractivity contribution is 0.415. The highest BCUT2D eigenvalue weighted by Crippen LogP contribution is 2.31. The van der Waals surface area contributed by atoms with Gasteiger partial charge in [-0.3, -0.25) is 0 Å². The molecule has 0 bridgehead atoms. The maximum atomic E-state index is 5.25. The summed E-state index contributed by atoms with van der Waals surface area (Å²) in [6.45, 7) is 0.890. The Labute approximate surface area is 146 Å². The van der Waals surface area contributed by atoms with E-state index >= 15 is 0 Å². The van der Waals surface area contributed by atoms with Crippen LogP contribution in [0.4, 0.5) is 23.1 Å². The monoisotopic (exact) mass is 333 g/mol. The van der Waals surface area contributed by atoms with Crippen LogP contribution in [0.25, 0.3) is 0 Å². The van der Waals surface area contributed by atoms with Gasteiger partial charge in [0.1, 0.15) is 5.75 Å². The highest BCUT2D eigenvalue weighted by molar-refractivity contribution is 5.65. The largest absolute Gasteiger partial charge is 0.497 e. The van der Waals surface area contributed by atoms with Crippen LogP contribution in [-0.4, -0.2) is 28.8 Å². The van der Waals surface area contributed by atoms with E-state index < -0.39 is 0 Å². The molecule has 0 atom stereocenters. The van der Waals surface area contributed by atoms with E-state index in [-0.39, 0.29) is 0 Å². The summed E-state index contributed by atoms with van der Waals surface area (Å²) >= 11 is 0. The van der Waals surface area contributed by atoms with Crippen molar-refractivity contribution in [3.63, 3.8) is 0 Å². The first-order chi connectivity index (χ1) is 12.3. The minimum absolute atomic E-state index is 0.611. The van der Waals surface area contributed by atoms with Crippen molar-refractivity contribution in [3.05, 3.63) is 60.3 Å². The minimum atomic E-state index is 0.611. The number of fused-ring (bicyclic) bond motifs is 1. The summed E-state index contributed by atoms with van der Waals surface area (Å²) in [5, 5.41) is 11.6. The maximum Gasteiger partial charge on any atom is 0.251 e. The van der Waals surface area contributed by atoms with Gasteiger partial charge in [0.05, 0.1) is 13.3 Å². The fourth-order valence-corrected chi connectivity index (χ4v) is 3.06. The summed E-state index contributed by atoms with van der Waals surface area (Å²) < 4.78 is 5.25. The first kappa shape index (κ1) is 15.4.